The summed E-state index contributed by atoms with van der Waals surface area (Å²) in [5.74, 6) is -0.270. The van der Waals surface area contributed by atoms with Crippen LogP contribution in [0.4, 0.5) is 15.8 Å². The van der Waals surface area contributed by atoms with Gasteiger partial charge in [0.15, 0.2) is 0 Å². The van der Waals surface area contributed by atoms with Gasteiger partial charge in [-0.15, -0.1) is 11.3 Å². The van der Waals surface area contributed by atoms with Crippen molar-refractivity contribution < 1.29 is 4.39 Å². The Hall–Kier alpha value is -1.62. The molecule has 0 aliphatic rings. The molecular weight excluding hydrogens is 237 g/mol. The third-order valence-electron chi connectivity index (χ3n) is 2.60. The maximum Gasteiger partial charge on any atom is 0.128 e. The average Bonchev–Trinajstić information content (AvgIpc) is 2.76. The van der Waals surface area contributed by atoms with Crippen LogP contribution < -0.4 is 10.6 Å². The largest absolute Gasteiger partial charge is 0.397 e. The molecule has 0 saturated heterocycles. The number of thiazole rings is 1. The molecule has 90 valence electrons. The molecule has 2 N–H and O–H groups in total. The highest BCUT2D eigenvalue weighted by Gasteiger charge is 2.10. The fraction of sp³-hybridized carbons (Fsp3) is 0.250. The predicted octanol–water partition coefficient (Wildman–Crippen LogP) is 2.81. The van der Waals surface area contributed by atoms with Crippen LogP contribution in [0.2, 0.25) is 0 Å². The van der Waals surface area contributed by atoms with Crippen LogP contribution in [0.15, 0.2) is 23.0 Å². The first-order chi connectivity index (χ1) is 8.08. The quantitative estimate of drug-likeness (QED) is 0.853. The van der Waals surface area contributed by atoms with E-state index in [4.69, 9.17) is 5.73 Å². The summed E-state index contributed by atoms with van der Waals surface area (Å²) in [5.41, 5.74) is 10.5. The van der Waals surface area contributed by atoms with Crippen molar-refractivity contribution >= 4 is 22.7 Å². The van der Waals surface area contributed by atoms with E-state index in [0.29, 0.717) is 17.8 Å². The van der Waals surface area contributed by atoms with Crippen LogP contribution in [0, 0.1) is 12.7 Å². The van der Waals surface area contributed by atoms with Gasteiger partial charge in [-0.25, -0.2) is 9.37 Å². The molecule has 0 aliphatic carbocycles. The minimum atomic E-state index is -0.270. The molecule has 2 rings (SSSR count). The van der Waals surface area contributed by atoms with E-state index in [1.54, 1.807) is 29.8 Å². The summed E-state index contributed by atoms with van der Waals surface area (Å²) in [5, 5.41) is 1.99. The number of hydrogen-bond acceptors (Lipinski definition) is 4. The van der Waals surface area contributed by atoms with Gasteiger partial charge in [-0.3, -0.25) is 0 Å². The molecule has 0 fully saturated rings. The van der Waals surface area contributed by atoms with Gasteiger partial charge in [0.05, 0.1) is 29.1 Å². The second-order valence-electron chi connectivity index (χ2n) is 4.00. The second kappa shape index (κ2) is 4.71. The molecule has 1 aromatic heterocycles. The zero-order valence-electron chi connectivity index (χ0n) is 9.77. The minimum absolute atomic E-state index is 0.270. The molecule has 0 atom stereocenters. The molecule has 0 unspecified atom stereocenters. The molecule has 0 saturated carbocycles. The summed E-state index contributed by atoms with van der Waals surface area (Å²) in [6, 6.07) is 3.12. The van der Waals surface area contributed by atoms with Gasteiger partial charge in [0.1, 0.15) is 5.82 Å². The number of hydrogen-bond donors (Lipinski definition) is 1. The number of aryl methyl sites for hydroxylation is 1. The van der Waals surface area contributed by atoms with Gasteiger partial charge in [0.2, 0.25) is 0 Å². The van der Waals surface area contributed by atoms with Gasteiger partial charge in [-0.05, 0) is 24.6 Å². The zero-order valence-corrected chi connectivity index (χ0v) is 10.6. The number of rotatable bonds is 3. The first kappa shape index (κ1) is 11.9. The third-order valence-corrected chi connectivity index (χ3v) is 3.24. The van der Waals surface area contributed by atoms with Crippen molar-refractivity contribution in [1.29, 1.82) is 0 Å². The van der Waals surface area contributed by atoms with Crippen molar-refractivity contribution in [1.82, 2.24) is 4.98 Å². The molecule has 0 spiro atoms. The van der Waals surface area contributed by atoms with Crippen LogP contribution in [0.25, 0.3) is 0 Å². The van der Waals surface area contributed by atoms with Gasteiger partial charge in [-0.2, -0.15) is 0 Å². The summed E-state index contributed by atoms with van der Waals surface area (Å²) < 4.78 is 13.3. The number of nitrogen functional groups attached to an aromatic ring is 1. The Bertz CT molecular complexity index is 511. The van der Waals surface area contributed by atoms with Crippen LogP contribution >= 0.6 is 11.3 Å². The fourth-order valence-corrected chi connectivity index (χ4v) is 2.21. The van der Waals surface area contributed by atoms with Crippen LogP contribution in [0.5, 0.6) is 0 Å². The minimum Gasteiger partial charge on any atom is -0.397 e. The molecule has 2 aromatic rings. The molecule has 0 amide bonds. The third kappa shape index (κ3) is 2.55. The zero-order chi connectivity index (χ0) is 12.4. The smallest absolute Gasteiger partial charge is 0.128 e. The van der Waals surface area contributed by atoms with E-state index in [2.05, 4.69) is 4.98 Å². The normalized spacial score (nSPS) is 10.5. The van der Waals surface area contributed by atoms with Crippen molar-refractivity contribution in [3.8, 4) is 0 Å². The van der Waals surface area contributed by atoms with Crippen LogP contribution in [0.3, 0.4) is 0 Å². The highest BCUT2D eigenvalue weighted by atomic mass is 32.1. The topological polar surface area (TPSA) is 42.2 Å². The van der Waals surface area contributed by atoms with E-state index in [0.717, 1.165) is 11.4 Å². The molecule has 3 nitrogen and oxygen atoms in total. The maximum absolute atomic E-state index is 13.3. The van der Waals surface area contributed by atoms with E-state index < -0.39 is 0 Å². The van der Waals surface area contributed by atoms with Gasteiger partial charge in [0, 0.05) is 12.4 Å². The van der Waals surface area contributed by atoms with Crippen molar-refractivity contribution in [2.45, 2.75) is 13.5 Å². The number of aromatic nitrogens is 1. The van der Waals surface area contributed by atoms with Gasteiger partial charge >= 0.3 is 0 Å². The second-order valence-corrected chi connectivity index (χ2v) is 4.71. The molecular formula is C12H14FN3S. The molecule has 0 bridgehead atoms. The van der Waals surface area contributed by atoms with E-state index in [1.807, 2.05) is 17.3 Å². The molecule has 1 heterocycles. The van der Waals surface area contributed by atoms with Crippen LogP contribution in [-0.2, 0) is 6.54 Å². The predicted molar refractivity (Wildman–Crippen MR) is 69.8 cm³/mol. The highest BCUT2D eigenvalue weighted by molar-refractivity contribution is 7.07. The summed E-state index contributed by atoms with van der Waals surface area (Å²) in [7, 11) is 1.92. The first-order valence-corrected chi connectivity index (χ1v) is 6.16. The summed E-state index contributed by atoms with van der Waals surface area (Å²) in [6.07, 6.45) is 0. The lowest BCUT2D eigenvalue weighted by Gasteiger charge is -2.20. The number of nitrogens with zero attached hydrogens (tertiary/aromatic N) is 2. The highest BCUT2D eigenvalue weighted by Crippen LogP contribution is 2.26. The van der Waals surface area contributed by atoms with Crippen molar-refractivity contribution in [3.05, 3.63) is 40.1 Å². The van der Waals surface area contributed by atoms with E-state index in [1.165, 1.54) is 6.07 Å². The average molecular weight is 251 g/mol. The monoisotopic (exact) mass is 251 g/mol. The number of nitrogens with two attached hydrogens (primary N) is 1. The van der Waals surface area contributed by atoms with Crippen molar-refractivity contribution in [3.63, 3.8) is 0 Å². The summed E-state index contributed by atoms with van der Waals surface area (Å²) >= 11 is 1.56. The Kier molecular flexibility index (Phi) is 3.28. The standard InChI is InChI=1S/C12H14FN3S/c1-8-3-12(11(14)4-10(8)13)16(2)5-9-6-17-7-15-9/h3-4,6-7H,5,14H2,1-2H3. The molecule has 0 radical (unpaired) electrons. The molecule has 17 heavy (non-hydrogen) atoms. The maximum atomic E-state index is 13.3. The summed E-state index contributed by atoms with van der Waals surface area (Å²) in [4.78, 5) is 6.18. The Balaban J connectivity index is 2.24. The lowest BCUT2D eigenvalue weighted by atomic mass is 10.1. The van der Waals surface area contributed by atoms with E-state index in [-0.39, 0.29) is 5.82 Å². The number of benzene rings is 1. The van der Waals surface area contributed by atoms with E-state index >= 15 is 0 Å². The first-order valence-electron chi connectivity index (χ1n) is 5.21. The van der Waals surface area contributed by atoms with Crippen LogP contribution in [-0.4, -0.2) is 12.0 Å². The van der Waals surface area contributed by atoms with Crippen molar-refractivity contribution in [2.24, 2.45) is 0 Å². The molecule has 0 aliphatic heterocycles. The lowest BCUT2D eigenvalue weighted by molar-refractivity contribution is 0.619. The summed E-state index contributed by atoms with van der Waals surface area (Å²) in [6.45, 7) is 2.40. The van der Waals surface area contributed by atoms with Crippen LogP contribution in [0.1, 0.15) is 11.3 Å². The van der Waals surface area contributed by atoms with Gasteiger partial charge < -0.3 is 10.6 Å². The van der Waals surface area contributed by atoms with E-state index in [9.17, 15) is 4.39 Å². The Morgan fingerprint density at radius 1 is 1.47 bits per heavy atom. The van der Waals surface area contributed by atoms with Crippen molar-refractivity contribution in [2.75, 3.05) is 17.7 Å². The Morgan fingerprint density at radius 2 is 2.24 bits per heavy atom. The number of halogens is 1. The Labute approximate surface area is 104 Å². The molecule has 5 heteroatoms. The fourth-order valence-electron chi connectivity index (χ4n) is 1.66. The van der Waals surface area contributed by atoms with Gasteiger partial charge in [0.25, 0.3) is 0 Å². The molecule has 1 aromatic carbocycles. The number of anilines is 2. The Morgan fingerprint density at radius 3 is 2.88 bits per heavy atom. The van der Waals surface area contributed by atoms with Gasteiger partial charge in [-0.1, -0.05) is 0 Å². The lowest BCUT2D eigenvalue weighted by Crippen LogP contribution is -2.18. The SMILES string of the molecule is Cc1cc(N(C)Cc2cscn2)c(N)cc1F.